The van der Waals surface area contributed by atoms with E-state index in [1.807, 2.05) is 19.1 Å². The predicted octanol–water partition coefficient (Wildman–Crippen LogP) is 1.63. The fraction of sp³-hybridized carbons (Fsp3) is 0.400. The van der Waals surface area contributed by atoms with Crippen LogP contribution in [-0.4, -0.2) is 16.8 Å². The van der Waals surface area contributed by atoms with Gasteiger partial charge in [-0.2, -0.15) is 0 Å². The lowest BCUT2D eigenvalue weighted by Crippen LogP contribution is -1.90. The fourth-order valence-corrected chi connectivity index (χ4v) is 1.18. The highest BCUT2D eigenvalue weighted by Gasteiger charge is 1.99. The molecule has 2 nitrogen and oxygen atoms in total. The molecule has 0 atom stereocenters. The van der Waals surface area contributed by atoms with E-state index in [2.05, 4.69) is 0 Å². The molecule has 0 saturated heterocycles. The third-order valence-electron chi connectivity index (χ3n) is 1.84. The van der Waals surface area contributed by atoms with Crippen LogP contribution in [0.2, 0.25) is 0 Å². The summed E-state index contributed by atoms with van der Waals surface area (Å²) in [6.07, 6.45) is 1.45. The molecule has 0 aliphatic heterocycles. The molecule has 0 heterocycles. The van der Waals surface area contributed by atoms with Crippen LogP contribution < -0.4 is 0 Å². The molecule has 1 aromatic rings. The van der Waals surface area contributed by atoms with Gasteiger partial charge >= 0.3 is 0 Å². The molecule has 0 spiro atoms. The Morgan fingerprint density at radius 1 is 1.33 bits per heavy atom. The number of phenolic OH excluding ortho intramolecular Hbond substituents is 1. The molecule has 0 aliphatic carbocycles. The van der Waals surface area contributed by atoms with E-state index in [1.165, 1.54) is 0 Å². The van der Waals surface area contributed by atoms with Gasteiger partial charge < -0.3 is 10.2 Å². The van der Waals surface area contributed by atoms with E-state index in [4.69, 9.17) is 5.11 Å². The van der Waals surface area contributed by atoms with Crippen LogP contribution in [0.1, 0.15) is 17.5 Å². The Kier molecular flexibility index (Phi) is 3.11. The summed E-state index contributed by atoms with van der Waals surface area (Å²) >= 11 is 0. The molecule has 1 rings (SSSR count). The zero-order valence-electron chi connectivity index (χ0n) is 7.25. The zero-order valence-corrected chi connectivity index (χ0v) is 7.25. The van der Waals surface area contributed by atoms with Gasteiger partial charge in [0.25, 0.3) is 0 Å². The molecule has 0 aliphatic rings. The molecular formula is C10H14O2. The van der Waals surface area contributed by atoms with Gasteiger partial charge in [0.2, 0.25) is 0 Å². The van der Waals surface area contributed by atoms with E-state index in [-0.39, 0.29) is 6.61 Å². The standard InChI is InChI=1S/C10H14O2/c1-8-4-5-10(12)9(7-8)3-2-6-11/h4-5,7,11-12H,2-3,6H2,1H3. The predicted molar refractivity (Wildman–Crippen MR) is 48.3 cm³/mol. The maximum atomic E-state index is 9.38. The number of aliphatic hydroxyl groups excluding tert-OH is 1. The summed E-state index contributed by atoms with van der Waals surface area (Å²) in [5.41, 5.74) is 2.06. The van der Waals surface area contributed by atoms with E-state index in [0.29, 0.717) is 12.2 Å². The van der Waals surface area contributed by atoms with E-state index >= 15 is 0 Å². The van der Waals surface area contributed by atoms with Crippen LogP contribution in [0.5, 0.6) is 5.75 Å². The number of rotatable bonds is 3. The van der Waals surface area contributed by atoms with Crippen molar-refractivity contribution in [2.75, 3.05) is 6.61 Å². The van der Waals surface area contributed by atoms with Crippen molar-refractivity contribution in [2.45, 2.75) is 19.8 Å². The number of benzene rings is 1. The highest BCUT2D eigenvalue weighted by molar-refractivity contribution is 5.35. The fourth-order valence-electron chi connectivity index (χ4n) is 1.18. The van der Waals surface area contributed by atoms with Crippen molar-refractivity contribution in [1.82, 2.24) is 0 Å². The number of aromatic hydroxyl groups is 1. The summed E-state index contributed by atoms with van der Waals surface area (Å²) in [4.78, 5) is 0. The van der Waals surface area contributed by atoms with Crippen LogP contribution in [-0.2, 0) is 6.42 Å². The molecule has 0 radical (unpaired) electrons. The van der Waals surface area contributed by atoms with Crippen LogP contribution in [0.3, 0.4) is 0 Å². The number of aryl methyl sites for hydroxylation is 2. The monoisotopic (exact) mass is 166 g/mol. The molecule has 2 N–H and O–H groups in total. The molecule has 2 heteroatoms. The van der Waals surface area contributed by atoms with Gasteiger partial charge in [-0.3, -0.25) is 0 Å². The number of aliphatic hydroxyl groups is 1. The summed E-state index contributed by atoms with van der Waals surface area (Å²) in [7, 11) is 0. The van der Waals surface area contributed by atoms with Gasteiger partial charge in [-0.15, -0.1) is 0 Å². The Hall–Kier alpha value is -1.02. The van der Waals surface area contributed by atoms with Gasteiger partial charge in [-0.25, -0.2) is 0 Å². The van der Waals surface area contributed by atoms with Crippen molar-refractivity contribution in [3.63, 3.8) is 0 Å². The van der Waals surface area contributed by atoms with Crippen LogP contribution in [0.15, 0.2) is 18.2 Å². The van der Waals surface area contributed by atoms with Crippen molar-refractivity contribution < 1.29 is 10.2 Å². The van der Waals surface area contributed by atoms with Gasteiger partial charge in [0.1, 0.15) is 5.75 Å². The molecule has 0 unspecified atom stereocenters. The highest BCUT2D eigenvalue weighted by Crippen LogP contribution is 2.19. The highest BCUT2D eigenvalue weighted by atomic mass is 16.3. The molecule has 1 aromatic carbocycles. The first-order valence-corrected chi connectivity index (χ1v) is 4.13. The van der Waals surface area contributed by atoms with E-state index in [9.17, 15) is 5.11 Å². The van der Waals surface area contributed by atoms with Gasteiger partial charge in [0.15, 0.2) is 0 Å². The van der Waals surface area contributed by atoms with Gasteiger partial charge in [0, 0.05) is 6.61 Å². The smallest absolute Gasteiger partial charge is 0.118 e. The maximum absolute atomic E-state index is 9.38. The Balaban J connectivity index is 2.75. The lowest BCUT2D eigenvalue weighted by Gasteiger charge is -2.03. The molecule has 12 heavy (non-hydrogen) atoms. The first-order valence-electron chi connectivity index (χ1n) is 4.13. The first-order chi connectivity index (χ1) is 5.74. The molecule has 0 amide bonds. The first kappa shape index (κ1) is 9.07. The third-order valence-corrected chi connectivity index (χ3v) is 1.84. The molecule has 0 fully saturated rings. The van der Waals surface area contributed by atoms with Crippen LogP contribution >= 0.6 is 0 Å². The summed E-state index contributed by atoms with van der Waals surface area (Å²) < 4.78 is 0. The summed E-state index contributed by atoms with van der Waals surface area (Å²) in [6, 6.07) is 5.52. The van der Waals surface area contributed by atoms with E-state index in [0.717, 1.165) is 17.5 Å². The van der Waals surface area contributed by atoms with Gasteiger partial charge in [-0.1, -0.05) is 17.7 Å². The molecular weight excluding hydrogens is 152 g/mol. The van der Waals surface area contributed by atoms with Crippen LogP contribution in [0.25, 0.3) is 0 Å². The van der Waals surface area contributed by atoms with Crippen molar-refractivity contribution >= 4 is 0 Å². The molecule has 0 bridgehead atoms. The average molecular weight is 166 g/mol. The van der Waals surface area contributed by atoms with Crippen molar-refractivity contribution in [2.24, 2.45) is 0 Å². The Morgan fingerprint density at radius 2 is 2.08 bits per heavy atom. The normalized spacial score (nSPS) is 10.2. The zero-order chi connectivity index (χ0) is 8.97. The maximum Gasteiger partial charge on any atom is 0.118 e. The lowest BCUT2D eigenvalue weighted by molar-refractivity contribution is 0.288. The Morgan fingerprint density at radius 3 is 2.75 bits per heavy atom. The largest absolute Gasteiger partial charge is 0.508 e. The average Bonchev–Trinajstić information content (AvgIpc) is 2.07. The van der Waals surface area contributed by atoms with Gasteiger partial charge in [0.05, 0.1) is 0 Å². The quantitative estimate of drug-likeness (QED) is 0.716. The SMILES string of the molecule is Cc1ccc(O)c(CCCO)c1. The minimum Gasteiger partial charge on any atom is -0.508 e. The second-order valence-electron chi connectivity index (χ2n) is 2.96. The van der Waals surface area contributed by atoms with E-state index in [1.54, 1.807) is 6.07 Å². The second-order valence-corrected chi connectivity index (χ2v) is 2.96. The number of phenols is 1. The number of hydrogen-bond acceptors (Lipinski definition) is 2. The van der Waals surface area contributed by atoms with Crippen LogP contribution in [0, 0.1) is 6.92 Å². The minimum atomic E-state index is 0.174. The van der Waals surface area contributed by atoms with Crippen molar-refractivity contribution in [3.05, 3.63) is 29.3 Å². The van der Waals surface area contributed by atoms with Crippen molar-refractivity contribution in [1.29, 1.82) is 0 Å². The summed E-state index contributed by atoms with van der Waals surface area (Å²) in [5, 5.41) is 18.0. The number of hydrogen-bond donors (Lipinski definition) is 2. The Bertz CT molecular complexity index is 256. The molecule has 0 saturated carbocycles. The molecule has 66 valence electrons. The van der Waals surface area contributed by atoms with Crippen molar-refractivity contribution in [3.8, 4) is 5.75 Å². The van der Waals surface area contributed by atoms with E-state index < -0.39 is 0 Å². The summed E-state index contributed by atoms with van der Waals surface area (Å²) in [6.45, 7) is 2.16. The third kappa shape index (κ3) is 2.24. The Labute approximate surface area is 72.5 Å². The van der Waals surface area contributed by atoms with Crippen LogP contribution in [0.4, 0.5) is 0 Å². The lowest BCUT2D eigenvalue weighted by atomic mass is 10.1. The second kappa shape index (κ2) is 4.12. The summed E-state index contributed by atoms with van der Waals surface area (Å²) in [5.74, 6) is 0.328. The topological polar surface area (TPSA) is 40.5 Å². The molecule has 0 aromatic heterocycles. The van der Waals surface area contributed by atoms with Gasteiger partial charge in [-0.05, 0) is 31.4 Å². The minimum absolute atomic E-state index is 0.174.